The van der Waals surface area contributed by atoms with Crippen molar-refractivity contribution in [1.29, 1.82) is 0 Å². The maximum Gasteiger partial charge on any atom is 0.0636 e. The van der Waals surface area contributed by atoms with E-state index in [-0.39, 0.29) is 6.04 Å². The molecule has 0 radical (unpaired) electrons. The Balaban J connectivity index is 2.18. The van der Waals surface area contributed by atoms with Crippen LogP contribution in [0.3, 0.4) is 0 Å². The Labute approximate surface area is 109 Å². The van der Waals surface area contributed by atoms with Gasteiger partial charge in [0.15, 0.2) is 0 Å². The largest absolute Gasteiger partial charge is 0.377 e. The van der Waals surface area contributed by atoms with Crippen LogP contribution in [-0.4, -0.2) is 6.54 Å². The van der Waals surface area contributed by atoms with Gasteiger partial charge in [0.05, 0.1) is 6.04 Å². The van der Waals surface area contributed by atoms with Crippen molar-refractivity contribution in [3.63, 3.8) is 0 Å². The second-order valence-electron chi connectivity index (χ2n) is 4.64. The predicted molar refractivity (Wildman–Crippen MR) is 77.8 cm³/mol. The summed E-state index contributed by atoms with van der Waals surface area (Å²) in [6.07, 6.45) is 0. The van der Waals surface area contributed by atoms with Gasteiger partial charge in [-0.3, -0.25) is 0 Å². The maximum atomic E-state index is 5.86. The molecule has 1 atom stereocenters. The molecule has 0 saturated heterocycles. The van der Waals surface area contributed by atoms with Crippen LogP contribution in [0.15, 0.2) is 48.5 Å². The third kappa shape index (κ3) is 2.90. The van der Waals surface area contributed by atoms with Crippen LogP contribution in [0.5, 0.6) is 0 Å². The van der Waals surface area contributed by atoms with Gasteiger partial charge in [-0.1, -0.05) is 36.4 Å². The van der Waals surface area contributed by atoms with Gasteiger partial charge in [0, 0.05) is 12.2 Å². The molecule has 2 heteroatoms. The zero-order valence-electron chi connectivity index (χ0n) is 11.0. The van der Waals surface area contributed by atoms with Gasteiger partial charge in [0.2, 0.25) is 0 Å². The lowest BCUT2D eigenvalue weighted by Crippen LogP contribution is -2.20. The third-order valence-corrected chi connectivity index (χ3v) is 3.29. The lowest BCUT2D eigenvalue weighted by Gasteiger charge is -2.19. The van der Waals surface area contributed by atoms with Gasteiger partial charge in [-0.25, -0.2) is 0 Å². The predicted octanol–water partition coefficient (Wildman–Crippen LogP) is 3.42. The Morgan fingerprint density at radius 3 is 2.33 bits per heavy atom. The maximum absolute atomic E-state index is 5.86. The minimum Gasteiger partial charge on any atom is -0.377 e. The average Bonchev–Trinajstić information content (AvgIpc) is 2.41. The zero-order chi connectivity index (χ0) is 13.0. The first-order chi connectivity index (χ1) is 8.70. The first-order valence-electron chi connectivity index (χ1n) is 6.29. The molecule has 0 aromatic heterocycles. The minimum atomic E-state index is 0.160. The molecule has 0 amide bonds. The molecule has 0 heterocycles. The van der Waals surface area contributed by atoms with Gasteiger partial charge < -0.3 is 11.1 Å². The van der Waals surface area contributed by atoms with E-state index < -0.39 is 0 Å². The fourth-order valence-electron chi connectivity index (χ4n) is 2.00. The highest BCUT2D eigenvalue weighted by Crippen LogP contribution is 2.20. The van der Waals surface area contributed by atoms with Crippen molar-refractivity contribution < 1.29 is 0 Å². The monoisotopic (exact) mass is 240 g/mol. The molecule has 0 bridgehead atoms. The summed E-state index contributed by atoms with van der Waals surface area (Å²) in [6, 6.07) is 16.9. The van der Waals surface area contributed by atoms with E-state index in [0.29, 0.717) is 6.54 Å². The number of rotatable bonds is 4. The lowest BCUT2D eigenvalue weighted by atomic mass is 10.1. The van der Waals surface area contributed by atoms with Crippen molar-refractivity contribution >= 4 is 5.69 Å². The van der Waals surface area contributed by atoms with Gasteiger partial charge >= 0.3 is 0 Å². The van der Waals surface area contributed by atoms with E-state index in [1.54, 1.807) is 0 Å². The number of anilines is 1. The molecule has 2 aromatic carbocycles. The summed E-state index contributed by atoms with van der Waals surface area (Å²) >= 11 is 0. The summed E-state index contributed by atoms with van der Waals surface area (Å²) in [7, 11) is 0. The van der Waals surface area contributed by atoms with E-state index in [4.69, 9.17) is 5.73 Å². The molecule has 0 aliphatic heterocycles. The Morgan fingerprint density at radius 1 is 1.00 bits per heavy atom. The molecule has 0 aliphatic rings. The number of aryl methyl sites for hydroxylation is 2. The molecule has 94 valence electrons. The smallest absolute Gasteiger partial charge is 0.0636 e. The molecule has 18 heavy (non-hydrogen) atoms. The van der Waals surface area contributed by atoms with Gasteiger partial charge in [-0.05, 0) is 42.7 Å². The van der Waals surface area contributed by atoms with Crippen molar-refractivity contribution in [2.24, 2.45) is 5.73 Å². The number of nitrogens with one attached hydrogen (secondary N) is 1. The second-order valence-corrected chi connectivity index (χ2v) is 4.64. The van der Waals surface area contributed by atoms with Gasteiger partial charge in [0.1, 0.15) is 0 Å². The molecule has 1 unspecified atom stereocenters. The molecular weight excluding hydrogens is 220 g/mol. The van der Waals surface area contributed by atoms with Crippen molar-refractivity contribution in [3.05, 3.63) is 65.2 Å². The number of nitrogens with two attached hydrogens (primary N) is 1. The third-order valence-electron chi connectivity index (χ3n) is 3.29. The summed E-state index contributed by atoms with van der Waals surface area (Å²) < 4.78 is 0. The van der Waals surface area contributed by atoms with Gasteiger partial charge in [-0.2, -0.15) is 0 Å². The normalized spacial score (nSPS) is 12.2. The lowest BCUT2D eigenvalue weighted by molar-refractivity contribution is 0.790. The van der Waals surface area contributed by atoms with Crippen LogP contribution < -0.4 is 11.1 Å². The molecule has 2 aromatic rings. The zero-order valence-corrected chi connectivity index (χ0v) is 11.0. The number of hydrogen-bond donors (Lipinski definition) is 2. The van der Waals surface area contributed by atoms with Crippen LogP contribution >= 0.6 is 0 Å². The molecule has 0 saturated carbocycles. The van der Waals surface area contributed by atoms with E-state index >= 15 is 0 Å². The number of hydrogen-bond acceptors (Lipinski definition) is 2. The van der Waals surface area contributed by atoms with E-state index in [1.807, 2.05) is 18.2 Å². The molecule has 0 fully saturated rings. The fourth-order valence-corrected chi connectivity index (χ4v) is 2.00. The topological polar surface area (TPSA) is 38.0 Å². The molecule has 2 rings (SSSR count). The van der Waals surface area contributed by atoms with Gasteiger partial charge in [-0.15, -0.1) is 0 Å². The SMILES string of the molecule is Cc1ccc(NC(CN)c2ccccc2)cc1C. The van der Waals surface area contributed by atoms with Crippen molar-refractivity contribution in [2.75, 3.05) is 11.9 Å². The van der Waals surface area contributed by atoms with Crippen LogP contribution in [0.1, 0.15) is 22.7 Å². The van der Waals surface area contributed by atoms with Crippen LogP contribution in [-0.2, 0) is 0 Å². The highest BCUT2D eigenvalue weighted by Gasteiger charge is 2.08. The van der Waals surface area contributed by atoms with Crippen LogP contribution in [0.4, 0.5) is 5.69 Å². The van der Waals surface area contributed by atoms with Gasteiger partial charge in [0.25, 0.3) is 0 Å². The minimum absolute atomic E-state index is 0.160. The summed E-state index contributed by atoms with van der Waals surface area (Å²) in [5.41, 5.74) is 10.8. The van der Waals surface area contributed by atoms with Crippen LogP contribution in [0.25, 0.3) is 0 Å². The fraction of sp³-hybridized carbons (Fsp3) is 0.250. The Kier molecular flexibility index (Phi) is 4.00. The Hall–Kier alpha value is -1.80. The molecule has 3 N–H and O–H groups in total. The highest BCUT2D eigenvalue weighted by molar-refractivity contribution is 5.50. The summed E-state index contributed by atoms with van der Waals surface area (Å²) in [6.45, 7) is 4.83. The van der Waals surface area contributed by atoms with Crippen molar-refractivity contribution in [3.8, 4) is 0 Å². The van der Waals surface area contributed by atoms with E-state index in [0.717, 1.165) is 5.69 Å². The first kappa shape index (κ1) is 12.7. The van der Waals surface area contributed by atoms with Crippen molar-refractivity contribution in [2.45, 2.75) is 19.9 Å². The molecular formula is C16H20N2. The van der Waals surface area contributed by atoms with E-state index in [2.05, 4.69) is 49.5 Å². The Bertz CT molecular complexity index is 506. The molecule has 0 aliphatic carbocycles. The average molecular weight is 240 g/mol. The Morgan fingerprint density at radius 2 is 1.72 bits per heavy atom. The molecule has 2 nitrogen and oxygen atoms in total. The van der Waals surface area contributed by atoms with Crippen LogP contribution in [0, 0.1) is 13.8 Å². The van der Waals surface area contributed by atoms with Crippen LogP contribution in [0.2, 0.25) is 0 Å². The summed E-state index contributed by atoms with van der Waals surface area (Å²) in [5, 5.41) is 3.49. The van der Waals surface area contributed by atoms with Crippen molar-refractivity contribution in [1.82, 2.24) is 0 Å². The quantitative estimate of drug-likeness (QED) is 0.859. The number of benzene rings is 2. The molecule has 0 spiro atoms. The standard InChI is InChI=1S/C16H20N2/c1-12-8-9-15(10-13(12)2)18-16(11-17)14-6-4-3-5-7-14/h3-10,16,18H,11,17H2,1-2H3. The summed E-state index contributed by atoms with van der Waals surface area (Å²) in [5.74, 6) is 0. The first-order valence-corrected chi connectivity index (χ1v) is 6.29. The van der Waals surface area contributed by atoms with E-state index in [9.17, 15) is 0 Å². The highest BCUT2D eigenvalue weighted by atomic mass is 14.9. The van der Waals surface area contributed by atoms with E-state index in [1.165, 1.54) is 16.7 Å². The summed E-state index contributed by atoms with van der Waals surface area (Å²) in [4.78, 5) is 0. The second kappa shape index (κ2) is 5.69.